The predicted octanol–water partition coefficient (Wildman–Crippen LogP) is 1.44. The van der Waals surface area contributed by atoms with E-state index < -0.39 is 0 Å². The minimum Gasteiger partial charge on any atom is -0.490 e. The van der Waals surface area contributed by atoms with E-state index in [1.54, 1.807) is 13.2 Å². The SMILES string of the molecule is COCCOc1ccccc1C(=O)NC1CCNCC1C. The van der Waals surface area contributed by atoms with Crippen LogP contribution in [0.1, 0.15) is 23.7 Å². The molecule has 5 heteroatoms. The van der Waals surface area contributed by atoms with Crippen molar-refractivity contribution in [2.45, 2.75) is 19.4 Å². The molecular formula is C16H24N2O3. The van der Waals surface area contributed by atoms with Gasteiger partial charge in [0.15, 0.2) is 0 Å². The molecule has 21 heavy (non-hydrogen) atoms. The van der Waals surface area contributed by atoms with Gasteiger partial charge in [0.1, 0.15) is 12.4 Å². The highest BCUT2D eigenvalue weighted by Gasteiger charge is 2.24. The van der Waals surface area contributed by atoms with Crippen LogP contribution >= 0.6 is 0 Å². The summed E-state index contributed by atoms with van der Waals surface area (Å²) in [5.74, 6) is 0.972. The smallest absolute Gasteiger partial charge is 0.255 e. The lowest BCUT2D eigenvalue weighted by Crippen LogP contribution is -2.48. The van der Waals surface area contributed by atoms with E-state index >= 15 is 0 Å². The summed E-state index contributed by atoms with van der Waals surface area (Å²) < 4.78 is 10.6. The number of hydrogen-bond donors (Lipinski definition) is 2. The molecule has 5 nitrogen and oxygen atoms in total. The molecule has 2 rings (SSSR count). The Morgan fingerprint density at radius 1 is 1.38 bits per heavy atom. The van der Waals surface area contributed by atoms with E-state index in [9.17, 15) is 4.79 Å². The minimum absolute atomic E-state index is 0.0678. The van der Waals surface area contributed by atoms with Crippen LogP contribution < -0.4 is 15.4 Å². The summed E-state index contributed by atoms with van der Waals surface area (Å²) in [4.78, 5) is 12.5. The molecule has 1 aromatic rings. The first-order chi connectivity index (χ1) is 10.2. The third kappa shape index (κ3) is 4.44. The molecule has 0 aromatic heterocycles. The maximum absolute atomic E-state index is 12.5. The predicted molar refractivity (Wildman–Crippen MR) is 81.7 cm³/mol. The molecule has 1 heterocycles. The lowest BCUT2D eigenvalue weighted by atomic mass is 9.95. The van der Waals surface area contributed by atoms with Gasteiger partial charge in [-0.15, -0.1) is 0 Å². The first kappa shape index (κ1) is 15.8. The van der Waals surface area contributed by atoms with Gasteiger partial charge in [0.25, 0.3) is 5.91 Å². The van der Waals surface area contributed by atoms with E-state index in [0.29, 0.717) is 30.4 Å². The number of carbonyl (C=O) groups is 1. The molecule has 0 aliphatic carbocycles. The molecule has 2 atom stereocenters. The van der Waals surface area contributed by atoms with Crippen molar-refractivity contribution in [3.8, 4) is 5.75 Å². The molecule has 1 fully saturated rings. The first-order valence-corrected chi connectivity index (χ1v) is 7.44. The fourth-order valence-electron chi connectivity index (χ4n) is 2.49. The summed E-state index contributed by atoms with van der Waals surface area (Å²) in [6.07, 6.45) is 0.958. The average molecular weight is 292 g/mol. The van der Waals surface area contributed by atoms with Crippen molar-refractivity contribution < 1.29 is 14.3 Å². The fraction of sp³-hybridized carbons (Fsp3) is 0.562. The van der Waals surface area contributed by atoms with Crippen molar-refractivity contribution in [1.82, 2.24) is 10.6 Å². The maximum atomic E-state index is 12.5. The second kappa shape index (κ2) is 8.00. The molecule has 1 saturated heterocycles. The van der Waals surface area contributed by atoms with Gasteiger partial charge in [-0.1, -0.05) is 19.1 Å². The van der Waals surface area contributed by atoms with E-state index in [0.717, 1.165) is 19.5 Å². The Morgan fingerprint density at radius 3 is 2.95 bits per heavy atom. The molecule has 0 spiro atoms. The molecule has 0 radical (unpaired) electrons. The van der Waals surface area contributed by atoms with Crippen LogP contribution in [0.3, 0.4) is 0 Å². The number of carbonyl (C=O) groups excluding carboxylic acids is 1. The molecule has 1 aliphatic rings. The quantitative estimate of drug-likeness (QED) is 0.779. The fourth-order valence-corrected chi connectivity index (χ4v) is 2.49. The van der Waals surface area contributed by atoms with Crippen LogP contribution in [-0.4, -0.2) is 45.4 Å². The van der Waals surface area contributed by atoms with Crippen molar-refractivity contribution in [1.29, 1.82) is 0 Å². The number of hydrogen-bond acceptors (Lipinski definition) is 4. The third-order valence-corrected chi connectivity index (χ3v) is 3.78. The van der Waals surface area contributed by atoms with E-state index in [2.05, 4.69) is 17.6 Å². The summed E-state index contributed by atoms with van der Waals surface area (Å²) in [6, 6.07) is 7.54. The number of amides is 1. The number of methoxy groups -OCH3 is 1. The van der Waals surface area contributed by atoms with Gasteiger partial charge in [-0.2, -0.15) is 0 Å². The molecule has 1 amide bonds. The largest absolute Gasteiger partial charge is 0.490 e. The summed E-state index contributed by atoms with van der Waals surface area (Å²) in [6.45, 7) is 4.97. The third-order valence-electron chi connectivity index (χ3n) is 3.78. The molecule has 0 saturated carbocycles. The maximum Gasteiger partial charge on any atom is 0.255 e. The van der Waals surface area contributed by atoms with Gasteiger partial charge >= 0.3 is 0 Å². The zero-order valence-corrected chi connectivity index (χ0v) is 12.7. The zero-order valence-electron chi connectivity index (χ0n) is 12.7. The van der Waals surface area contributed by atoms with Crippen LogP contribution in [-0.2, 0) is 4.74 Å². The Labute approximate surface area is 126 Å². The van der Waals surface area contributed by atoms with Gasteiger partial charge in [-0.25, -0.2) is 0 Å². The van der Waals surface area contributed by atoms with E-state index in [1.807, 2.05) is 18.2 Å². The normalized spacial score (nSPS) is 21.8. The lowest BCUT2D eigenvalue weighted by molar-refractivity contribution is 0.0906. The summed E-state index contributed by atoms with van der Waals surface area (Å²) >= 11 is 0. The highest BCUT2D eigenvalue weighted by molar-refractivity contribution is 5.97. The van der Waals surface area contributed by atoms with E-state index in [4.69, 9.17) is 9.47 Å². The Bertz CT molecular complexity index is 465. The number of piperidine rings is 1. The Hall–Kier alpha value is -1.59. The van der Waals surface area contributed by atoms with Crippen molar-refractivity contribution >= 4 is 5.91 Å². The monoisotopic (exact) mass is 292 g/mol. The zero-order chi connectivity index (χ0) is 15.1. The summed E-state index contributed by atoms with van der Waals surface area (Å²) in [5.41, 5.74) is 0.583. The highest BCUT2D eigenvalue weighted by Crippen LogP contribution is 2.19. The number of rotatable bonds is 6. The number of benzene rings is 1. The van der Waals surface area contributed by atoms with Gasteiger partial charge < -0.3 is 20.1 Å². The summed E-state index contributed by atoms with van der Waals surface area (Å²) in [5, 5.41) is 6.46. The number of ether oxygens (including phenoxy) is 2. The van der Waals surface area contributed by atoms with Crippen LogP contribution in [0, 0.1) is 5.92 Å². The van der Waals surface area contributed by atoms with Gasteiger partial charge in [-0.05, 0) is 37.6 Å². The van der Waals surface area contributed by atoms with Gasteiger partial charge in [-0.3, -0.25) is 4.79 Å². The standard InChI is InChI=1S/C16H24N2O3/c1-12-11-17-8-7-14(12)18-16(19)13-5-3-4-6-15(13)21-10-9-20-2/h3-6,12,14,17H,7-11H2,1-2H3,(H,18,19). The first-order valence-electron chi connectivity index (χ1n) is 7.44. The molecule has 2 unspecified atom stereocenters. The molecule has 0 bridgehead atoms. The Morgan fingerprint density at radius 2 is 2.19 bits per heavy atom. The van der Waals surface area contributed by atoms with Crippen LogP contribution in [0.4, 0.5) is 0 Å². The van der Waals surface area contributed by atoms with Crippen molar-refractivity contribution in [2.24, 2.45) is 5.92 Å². The Balaban J connectivity index is 2.00. The van der Waals surface area contributed by atoms with E-state index in [-0.39, 0.29) is 11.9 Å². The second-order valence-electron chi connectivity index (χ2n) is 5.39. The minimum atomic E-state index is -0.0678. The topological polar surface area (TPSA) is 59.6 Å². The van der Waals surface area contributed by atoms with Crippen molar-refractivity contribution in [3.63, 3.8) is 0 Å². The van der Waals surface area contributed by atoms with Crippen molar-refractivity contribution in [2.75, 3.05) is 33.4 Å². The molecule has 1 aliphatic heterocycles. The van der Waals surface area contributed by atoms with Crippen molar-refractivity contribution in [3.05, 3.63) is 29.8 Å². The van der Waals surface area contributed by atoms with E-state index in [1.165, 1.54) is 0 Å². The molecular weight excluding hydrogens is 268 g/mol. The van der Waals surface area contributed by atoms with Gasteiger partial charge in [0.05, 0.1) is 12.2 Å². The van der Waals surface area contributed by atoms with Crippen LogP contribution in [0.2, 0.25) is 0 Å². The highest BCUT2D eigenvalue weighted by atomic mass is 16.5. The number of nitrogens with one attached hydrogen (secondary N) is 2. The molecule has 116 valence electrons. The van der Waals surface area contributed by atoms with Crippen LogP contribution in [0.5, 0.6) is 5.75 Å². The summed E-state index contributed by atoms with van der Waals surface area (Å²) in [7, 11) is 1.63. The lowest BCUT2D eigenvalue weighted by Gasteiger charge is -2.30. The Kier molecular flexibility index (Phi) is 6.02. The number of para-hydroxylation sites is 1. The van der Waals surface area contributed by atoms with Gasteiger partial charge in [0, 0.05) is 13.2 Å². The van der Waals surface area contributed by atoms with Crippen LogP contribution in [0.25, 0.3) is 0 Å². The average Bonchev–Trinajstić information content (AvgIpc) is 2.50. The molecule has 2 N–H and O–H groups in total. The van der Waals surface area contributed by atoms with Gasteiger partial charge in [0.2, 0.25) is 0 Å². The second-order valence-corrected chi connectivity index (χ2v) is 5.39. The molecule has 1 aromatic carbocycles. The van der Waals surface area contributed by atoms with Crippen LogP contribution in [0.15, 0.2) is 24.3 Å².